The molecule has 15 heavy (non-hydrogen) atoms. The normalized spacial score (nSPS) is 17.9. The first-order valence-corrected chi connectivity index (χ1v) is 6.28. The molecule has 3 nitrogen and oxygen atoms in total. The third-order valence-electron chi connectivity index (χ3n) is 2.81. The van der Waals surface area contributed by atoms with Crippen molar-refractivity contribution in [3.05, 3.63) is 0 Å². The highest BCUT2D eigenvalue weighted by atomic mass is 35.5. The largest absolute Gasteiger partial charge is 0.314 e. The van der Waals surface area contributed by atoms with Crippen molar-refractivity contribution >= 4 is 16.8 Å². The van der Waals surface area contributed by atoms with Gasteiger partial charge in [0.05, 0.1) is 0 Å². The van der Waals surface area contributed by atoms with Crippen LogP contribution in [0.1, 0.15) is 32.1 Å². The molecule has 1 rings (SSSR count). The Hall–Kier alpha value is -0.120. The predicted octanol–water partition coefficient (Wildman–Crippen LogP) is 1.61. The molecular weight excluding hydrogens is 212 g/mol. The number of hydrogen-bond donors (Lipinski definition) is 1. The minimum absolute atomic E-state index is 0.197. The minimum Gasteiger partial charge on any atom is -0.314 e. The zero-order valence-electron chi connectivity index (χ0n) is 9.30. The Morgan fingerprint density at radius 3 is 2.47 bits per heavy atom. The predicted molar refractivity (Wildman–Crippen MR) is 63.3 cm³/mol. The highest BCUT2D eigenvalue weighted by Gasteiger charge is 2.07. The van der Waals surface area contributed by atoms with Crippen LogP contribution in [0.5, 0.6) is 0 Å². The summed E-state index contributed by atoms with van der Waals surface area (Å²) in [7, 11) is 0. The number of carbonyl (C=O) groups is 1. The Bertz CT molecular complexity index is 181. The Kier molecular flexibility index (Phi) is 6.98. The maximum Gasteiger partial charge on any atom is 0.221 e. The van der Waals surface area contributed by atoms with Crippen LogP contribution in [-0.4, -0.2) is 42.9 Å². The van der Waals surface area contributed by atoms with Gasteiger partial charge in [-0.1, -0.05) is 12.8 Å². The second-order valence-electron chi connectivity index (χ2n) is 4.11. The molecule has 0 radical (unpaired) electrons. The van der Waals surface area contributed by atoms with Crippen molar-refractivity contribution in [2.75, 3.05) is 32.7 Å². The van der Waals surface area contributed by atoms with E-state index in [2.05, 4.69) is 10.2 Å². The molecule has 0 aromatic rings. The van der Waals surface area contributed by atoms with E-state index < -0.39 is 0 Å². The molecule has 1 fully saturated rings. The van der Waals surface area contributed by atoms with Gasteiger partial charge in [0.2, 0.25) is 5.24 Å². The lowest BCUT2D eigenvalue weighted by molar-refractivity contribution is -0.111. The van der Waals surface area contributed by atoms with Gasteiger partial charge in [-0.05, 0) is 31.0 Å². The van der Waals surface area contributed by atoms with Gasteiger partial charge in [-0.2, -0.15) is 0 Å². The van der Waals surface area contributed by atoms with Crippen LogP contribution in [0, 0.1) is 0 Å². The number of carbonyl (C=O) groups excluding carboxylic acids is 1. The van der Waals surface area contributed by atoms with Crippen molar-refractivity contribution in [2.45, 2.75) is 32.1 Å². The zero-order valence-corrected chi connectivity index (χ0v) is 10.1. The molecule has 1 heterocycles. The van der Waals surface area contributed by atoms with E-state index in [0.29, 0.717) is 6.42 Å². The van der Waals surface area contributed by atoms with E-state index in [4.69, 9.17) is 11.6 Å². The van der Waals surface area contributed by atoms with E-state index in [-0.39, 0.29) is 5.24 Å². The molecule has 0 aliphatic carbocycles. The summed E-state index contributed by atoms with van der Waals surface area (Å²) in [5, 5.41) is 3.15. The van der Waals surface area contributed by atoms with Crippen molar-refractivity contribution in [1.29, 1.82) is 0 Å². The van der Waals surface area contributed by atoms with Gasteiger partial charge in [0, 0.05) is 32.6 Å². The Morgan fingerprint density at radius 1 is 1.13 bits per heavy atom. The maximum absolute atomic E-state index is 10.5. The third kappa shape index (κ3) is 6.88. The Labute approximate surface area is 97.2 Å². The van der Waals surface area contributed by atoms with Crippen LogP contribution in [0.25, 0.3) is 0 Å². The smallest absolute Gasteiger partial charge is 0.221 e. The molecule has 1 aliphatic heterocycles. The summed E-state index contributed by atoms with van der Waals surface area (Å²) in [6, 6.07) is 0. The quantitative estimate of drug-likeness (QED) is 0.535. The van der Waals surface area contributed by atoms with Crippen LogP contribution in [0.4, 0.5) is 0 Å². The molecule has 0 spiro atoms. The SMILES string of the molecule is O=C(Cl)CCCCCCN1CCNCC1. The van der Waals surface area contributed by atoms with Gasteiger partial charge in [0.15, 0.2) is 0 Å². The number of piperazine rings is 1. The van der Waals surface area contributed by atoms with Crippen LogP contribution in [0.15, 0.2) is 0 Å². The lowest BCUT2D eigenvalue weighted by Gasteiger charge is -2.26. The Balaban J connectivity index is 1.85. The summed E-state index contributed by atoms with van der Waals surface area (Å²) in [5.41, 5.74) is 0. The molecule has 0 unspecified atom stereocenters. The van der Waals surface area contributed by atoms with Crippen molar-refractivity contribution in [1.82, 2.24) is 10.2 Å². The zero-order chi connectivity index (χ0) is 10.9. The third-order valence-corrected chi connectivity index (χ3v) is 3.00. The van der Waals surface area contributed by atoms with Crippen molar-refractivity contribution in [3.8, 4) is 0 Å². The molecule has 0 aromatic carbocycles. The first-order valence-electron chi connectivity index (χ1n) is 5.90. The van der Waals surface area contributed by atoms with E-state index in [9.17, 15) is 4.79 Å². The molecule has 1 saturated heterocycles. The number of hydrogen-bond acceptors (Lipinski definition) is 3. The van der Waals surface area contributed by atoms with Crippen LogP contribution < -0.4 is 5.32 Å². The standard InChI is InChI=1S/C11H21ClN2O/c12-11(15)5-3-1-2-4-8-14-9-6-13-7-10-14/h13H,1-10H2. The Morgan fingerprint density at radius 2 is 1.80 bits per heavy atom. The highest BCUT2D eigenvalue weighted by Crippen LogP contribution is 2.06. The lowest BCUT2D eigenvalue weighted by Crippen LogP contribution is -2.43. The molecular formula is C11H21ClN2O. The molecule has 88 valence electrons. The van der Waals surface area contributed by atoms with Crippen molar-refractivity contribution in [2.24, 2.45) is 0 Å². The number of nitrogens with zero attached hydrogens (tertiary/aromatic N) is 1. The van der Waals surface area contributed by atoms with Gasteiger partial charge in [0.1, 0.15) is 0 Å². The fourth-order valence-corrected chi connectivity index (χ4v) is 2.02. The summed E-state index contributed by atoms with van der Waals surface area (Å²) in [6.07, 6.45) is 5.08. The number of rotatable bonds is 7. The molecule has 1 aliphatic rings. The van der Waals surface area contributed by atoms with Gasteiger partial charge in [-0.15, -0.1) is 0 Å². The molecule has 1 N–H and O–H groups in total. The van der Waals surface area contributed by atoms with Crippen LogP contribution in [-0.2, 0) is 4.79 Å². The topological polar surface area (TPSA) is 32.3 Å². The molecule has 0 saturated carbocycles. The van der Waals surface area contributed by atoms with Crippen molar-refractivity contribution in [3.63, 3.8) is 0 Å². The minimum atomic E-state index is -0.197. The molecule has 0 bridgehead atoms. The van der Waals surface area contributed by atoms with Crippen LogP contribution in [0.2, 0.25) is 0 Å². The summed E-state index contributed by atoms with van der Waals surface area (Å²) < 4.78 is 0. The number of nitrogens with one attached hydrogen (secondary N) is 1. The summed E-state index contributed by atoms with van der Waals surface area (Å²) in [4.78, 5) is 13.0. The van der Waals surface area contributed by atoms with Gasteiger partial charge < -0.3 is 10.2 Å². The first kappa shape index (κ1) is 12.9. The van der Waals surface area contributed by atoms with Gasteiger partial charge in [-0.3, -0.25) is 4.79 Å². The van der Waals surface area contributed by atoms with E-state index >= 15 is 0 Å². The fraction of sp³-hybridized carbons (Fsp3) is 0.909. The van der Waals surface area contributed by atoms with Gasteiger partial charge in [0.25, 0.3) is 0 Å². The first-order chi connectivity index (χ1) is 7.29. The average molecular weight is 233 g/mol. The van der Waals surface area contributed by atoms with Crippen LogP contribution >= 0.6 is 11.6 Å². The average Bonchev–Trinajstić information content (AvgIpc) is 2.24. The molecule has 0 aromatic heterocycles. The van der Waals surface area contributed by atoms with Crippen LogP contribution in [0.3, 0.4) is 0 Å². The van der Waals surface area contributed by atoms with Crippen molar-refractivity contribution < 1.29 is 4.79 Å². The number of unbranched alkanes of at least 4 members (excludes halogenated alkanes) is 3. The monoisotopic (exact) mass is 232 g/mol. The second-order valence-corrected chi connectivity index (χ2v) is 4.53. The fourth-order valence-electron chi connectivity index (χ4n) is 1.89. The molecule has 0 amide bonds. The van der Waals surface area contributed by atoms with E-state index in [0.717, 1.165) is 25.9 Å². The summed E-state index contributed by atoms with van der Waals surface area (Å²) in [6.45, 7) is 5.82. The van der Waals surface area contributed by atoms with E-state index in [1.165, 1.54) is 32.5 Å². The summed E-state index contributed by atoms with van der Waals surface area (Å²) in [5.74, 6) is 0. The maximum atomic E-state index is 10.5. The number of halogens is 1. The second kappa shape index (κ2) is 8.08. The summed E-state index contributed by atoms with van der Waals surface area (Å²) >= 11 is 5.26. The lowest BCUT2D eigenvalue weighted by atomic mass is 10.1. The molecule has 4 heteroatoms. The van der Waals surface area contributed by atoms with E-state index in [1.54, 1.807) is 0 Å². The highest BCUT2D eigenvalue weighted by molar-refractivity contribution is 6.63. The van der Waals surface area contributed by atoms with Gasteiger partial charge in [-0.25, -0.2) is 0 Å². The molecule has 0 atom stereocenters. The van der Waals surface area contributed by atoms with Gasteiger partial charge >= 0.3 is 0 Å². The van der Waals surface area contributed by atoms with E-state index in [1.807, 2.05) is 0 Å².